The molecule has 6 nitrogen and oxygen atoms in total. The fourth-order valence-corrected chi connectivity index (χ4v) is 3.58. The number of pyridine rings is 1. The van der Waals surface area contributed by atoms with Crippen LogP contribution in [-0.2, 0) is 0 Å². The highest BCUT2D eigenvalue weighted by molar-refractivity contribution is 6.04. The van der Waals surface area contributed by atoms with Crippen LogP contribution in [-0.4, -0.2) is 41.7 Å². The number of aromatic nitrogens is 1. The van der Waals surface area contributed by atoms with Gasteiger partial charge in [-0.05, 0) is 38.0 Å². The number of nitrogens with two attached hydrogens (primary N) is 1. The summed E-state index contributed by atoms with van der Waals surface area (Å²) in [6.45, 7) is 3.04. The molecular formula is C21H20F5N5O. The monoisotopic (exact) mass is 453 g/mol. The first-order valence-electron chi connectivity index (χ1n) is 9.63. The van der Waals surface area contributed by atoms with Gasteiger partial charge in [0.15, 0.2) is 0 Å². The molecule has 32 heavy (non-hydrogen) atoms. The van der Waals surface area contributed by atoms with Gasteiger partial charge in [0.1, 0.15) is 29.4 Å². The van der Waals surface area contributed by atoms with Gasteiger partial charge in [-0.1, -0.05) is 0 Å². The summed E-state index contributed by atoms with van der Waals surface area (Å²) in [6.07, 6.45) is -3.22. The summed E-state index contributed by atoms with van der Waals surface area (Å²) in [5.74, 6) is -2.95. The second-order valence-electron chi connectivity index (χ2n) is 8.08. The Hall–Kier alpha value is -3.26. The van der Waals surface area contributed by atoms with Crippen molar-refractivity contribution < 1.29 is 26.7 Å². The fraction of sp³-hybridized carbons (Fsp3) is 0.381. The molecule has 0 aliphatic carbocycles. The molecule has 2 aromatic rings. The van der Waals surface area contributed by atoms with Crippen molar-refractivity contribution in [3.8, 4) is 17.2 Å². The summed E-state index contributed by atoms with van der Waals surface area (Å²) in [4.78, 5) is 18.3. The van der Waals surface area contributed by atoms with Crippen LogP contribution in [0.4, 0.5) is 27.6 Å². The number of benzene rings is 1. The number of hydrogen-bond acceptors (Lipinski definition) is 5. The molecular weight excluding hydrogens is 433 g/mol. The summed E-state index contributed by atoms with van der Waals surface area (Å²) in [7, 11) is 0. The molecule has 1 fully saturated rings. The first kappa shape index (κ1) is 23.4. The molecule has 1 amide bonds. The third kappa shape index (κ3) is 4.80. The van der Waals surface area contributed by atoms with E-state index in [1.807, 2.05) is 11.4 Å². The predicted molar refractivity (Wildman–Crippen MR) is 107 cm³/mol. The number of nitrogens with zero attached hydrogens (tertiary/aromatic N) is 3. The standard InChI is InChI=1S/C21H20F5N5O/c1-11(21(24,25)26)30-19(32)15-9-29-16(8-27)17(12-5-13(22)7-14(23)6-12)18(15)31-4-3-20(2,28)10-31/h5-7,9,11H,3-4,10,28H2,1-2H3,(H,30,32)/t11-,20-/m0/s1. The Kier molecular flexibility index (Phi) is 6.11. The van der Waals surface area contributed by atoms with E-state index in [1.54, 1.807) is 11.8 Å². The second kappa shape index (κ2) is 8.35. The number of carbonyl (C=O) groups is 1. The maximum atomic E-state index is 14.0. The van der Waals surface area contributed by atoms with Gasteiger partial charge in [-0.25, -0.2) is 13.8 Å². The van der Waals surface area contributed by atoms with Crippen molar-refractivity contribution in [2.75, 3.05) is 18.0 Å². The second-order valence-corrected chi connectivity index (χ2v) is 8.08. The van der Waals surface area contributed by atoms with Gasteiger partial charge < -0.3 is 16.0 Å². The van der Waals surface area contributed by atoms with Crippen LogP contribution in [0, 0.1) is 23.0 Å². The van der Waals surface area contributed by atoms with E-state index < -0.39 is 35.3 Å². The van der Waals surface area contributed by atoms with E-state index in [4.69, 9.17) is 5.73 Å². The molecule has 3 rings (SSSR count). The lowest BCUT2D eigenvalue weighted by molar-refractivity contribution is -0.149. The van der Waals surface area contributed by atoms with Crippen molar-refractivity contribution in [2.45, 2.75) is 38.0 Å². The molecule has 170 valence electrons. The van der Waals surface area contributed by atoms with E-state index in [1.165, 1.54) is 0 Å². The molecule has 3 N–H and O–H groups in total. The maximum absolute atomic E-state index is 14.0. The van der Waals surface area contributed by atoms with Crippen LogP contribution in [0.25, 0.3) is 11.1 Å². The number of nitrogens with one attached hydrogen (secondary N) is 1. The molecule has 1 saturated heterocycles. The summed E-state index contributed by atoms with van der Waals surface area (Å²) in [6, 6.07) is 2.22. The van der Waals surface area contributed by atoms with E-state index >= 15 is 0 Å². The van der Waals surface area contributed by atoms with Gasteiger partial charge >= 0.3 is 6.18 Å². The van der Waals surface area contributed by atoms with Gasteiger partial charge in [0.25, 0.3) is 5.91 Å². The van der Waals surface area contributed by atoms with Crippen LogP contribution in [0.3, 0.4) is 0 Å². The lowest BCUT2D eigenvalue weighted by Gasteiger charge is -2.27. The highest BCUT2D eigenvalue weighted by atomic mass is 19.4. The van der Waals surface area contributed by atoms with Gasteiger partial charge in [0.05, 0.1) is 11.3 Å². The van der Waals surface area contributed by atoms with Gasteiger partial charge in [-0.2, -0.15) is 18.4 Å². The SMILES string of the molecule is C[C@H](NC(=O)c1cnc(C#N)c(-c2cc(F)cc(F)c2)c1N1CC[C@](C)(N)C1)C(F)(F)F. The van der Waals surface area contributed by atoms with Crippen molar-refractivity contribution in [3.63, 3.8) is 0 Å². The molecule has 0 bridgehead atoms. The van der Waals surface area contributed by atoms with Crippen molar-refractivity contribution in [2.24, 2.45) is 5.73 Å². The minimum absolute atomic E-state index is 0.0441. The molecule has 0 unspecified atom stereocenters. The minimum atomic E-state index is -4.69. The number of carbonyl (C=O) groups excluding carboxylic acids is 1. The predicted octanol–water partition coefficient (Wildman–Crippen LogP) is 3.51. The van der Waals surface area contributed by atoms with Crippen LogP contribution >= 0.6 is 0 Å². The van der Waals surface area contributed by atoms with Crippen LogP contribution in [0.15, 0.2) is 24.4 Å². The quantitative estimate of drug-likeness (QED) is 0.691. The zero-order valence-electron chi connectivity index (χ0n) is 17.2. The fourth-order valence-electron chi connectivity index (χ4n) is 3.58. The molecule has 1 aliphatic heterocycles. The number of anilines is 1. The summed E-state index contributed by atoms with van der Waals surface area (Å²) >= 11 is 0. The Bertz CT molecular complexity index is 1070. The van der Waals surface area contributed by atoms with Gasteiger partial charge in [0, 0.05) is 36.5 Å². The van der Waals surface area contributed by atoms with E-state index in [2.05, 4.69) is 4.98 Å². The largest absolute Gasteiger partial charge is 0.408 e. The van der Waals surface area contributed by atoms with Gasteiger partial charge in [-0.15, -0.1) is 0 Å². The van der Waals surface area contributed by atoms with Crippen molar-refractivity contribution in [1.82, 2.24) is 10.3 Å². The molecule has 2 heterocycles. The van der Waals surface area contributed by atoms with E-state index in [0.717, 1.165) is 25.3 Å². The number of rotatable bonds is 4. The lowest BCUT2D eigenvalue weighted by atomic mass is 9.97. The third-order valence-corrected chi connectivity index (χ3v) is 5.21. The van der Waals surface area contributed by atoms with Crippen molar-refractivity contribution in [3.05, 3.63) is 47.3 Å². The molecule has 1 aliphatic rings. The molecule has 1 aromatic heterocycles. The van der Waals surface area contributed by atoms with E-state index in [9.17, 15) is 32.0 Å². The Morgan fingerprint density at radius 1 is 1.31 bits per heavy atom. The number of halogens is 5. The number of hydrogen-bond donors (Lipinski definition) is 2. The Morgan fingerprint density at radius 3 is 2.44 bits per heavy atom. The zero-order chi connectivity index (χ0) is 23.8. The smallest absolute Gasteiger partial charge is 0.368 e. The molecule has 11 heteroatoms. The Morgan fingerprint density at radius 2 is 1.94 bits per heavy atom. The molecule has 2 atom stereocenters. The number of amides is 1. The molecule has 0 spiro atoms. The van der Waals surface area contributed by atoms with Crippen LogP contribution < -0.4 is 16.0 Å². The van der Waals surface area contributed by atoms with Crippen molar-refractivity contribution >= 4 is 11.6 Å². The third-order valence-electron chi connectivity index (χ3n) is 5.21. The number of nitriles is 1. The molecule has 0 saturated carbocycles. The van der Waals surface area contributed by atoms with Crippen LogP contribution in [0.5, 0.6) is 0 Å². The summed E-state index contributed by atoms with van der Waals surface area (Å²) in [5, 5.41) is 11.4. The molecule has 0 radical (unpaired) electrons. The first-order valence-corrected chi connectivity index (χ1v) is 9.63. The zero-order valence-corrected chi connectivity index (χ0v) is 17.2. The van der Waals surface area contributed by atoms with Crippen molar-refractivity contribution in [1.29, 1.82) is 5.26 Å². The summed E-state index contributed by atoms with van der Waals surface area (Å²) in [5.41, 5.74) is 4.90. The van der Waals surface area contributed by atoms with Crippen LogP contribution in [0.1, 0.15) is 36.3 Å². The minimum Gasteiger partial charge on any atom is -0.368 e. The van der Waals surface area contributed by atoms with E-state index in [-0.39, 0.29) is 34.6 Å². The topological polar surface area (TPSA) is 95.0 Å². The summed E-state index contributed by atoms with van der Waals surface area (Å²) < 4.78 is 66.9. The first-order chi connectivity index (χ1) is 14.8. The Balaban J connectivity index is 2.24. The highest BCUT2D eigenvalue weighted by Crippen LogP contribution is 2.39. The normalized spacial score (nSPS) is 19.5. The van der Waals surface area contributed by atoms with E-state index in [0.29, 0.717) is 19.0 Å². The molecule has 1 aromatic carbocycles. The highest BCUT2D eigenvalue weighted by Gasteiger charge is 2.39. The number of alkyl halides is 3. The average Bonchev–Trinajstić information content (AvgIpc) is 3.04. The van der Waals surface area contributed by atoms with Crippen LogP contribution in [0.2, 0.25) is 0 Å². The maximum Gasteiger partial charge on any atom is 0.408 e. The van der Waals surface area contributed by atoms with Gasteiger partial charge in [-0.3, -0.25) is 4.79 Å². The van der Waals surface area contributed by atoms with Gasteiger partial charge in [0.2, 0.25) is 0 Å². The Labute approximate surface area is 180 Å². The lowest BCUT2D eigenvalue weighted by Crippen LogP contribution is -2.44. The average molecular weight is 453 g/mol.